The first-order chi connectivity index (χ1) is 10.2. The molecule has 0 unspecified atom stereocenters. The van der Waals surface area contributed by atoms with Gasteiger partial charge in [0.15, 0.2) is 0 Å². The number of likely N-dealkylation sites (N-methyl/N-ethyl adjacent to an activating group) is 1. The van der Waals surface area contributed by atoms with E-state index in [2.05, 4.69) is 52.1 Å². The van der Waals surface area contributed by atoms with Gasteiger partial charge in [0.05, 0.1) is 6.54 Å². The molecule has 1 saturated heterocycles. The number of thiophene rings is 1. The number of hydrogen-bond donors (Lipinski definition) is 1. The average molecular weight is 306 g/mol. The van der Waals surface area contributed by atoms with Crippen LogP contribution < -0.4 is 5.73 Å². The lowest BCUT2D eigenvalue weighted by Crippen LogP contribution is -2.47. The second-order valence-corrected chi connectivity index (χ2v) is 6.72. The van der Waals surface area contributed by atoms with Crippen molar-refractivity contribution < 1.29 is 0 Å². The Morgan fingerprint density at radius 3 is 2.62 bits per heavy atom. The highest BCUT2D eigenvalue weighted by atomic mass is 32.1. The molecule has 0 amide bonds. The molecule has 1 aromatic rings. The molecule has 0 aromatic carbocycles. The predicted molar refractivity (Wildman–Crippen MR) is 90.5 cm³/mol. The SMILES string of the molecule is CN(C)CCN1CCN(Cc2cc(C#CCN)cs2)CC1. The second-order valence-electron chi connectivity index (χ2n) is 5.73. The van der Waals surface area contributed by atoms with E-state index >= 15 is 0 Å². The Labute approximate surface area is 132 Å². The maximum atomic E-state index is 5.40. The van der Waals surface area contributed by atoms with Gasteiger partial charge < -0.3 is 10.6 Å². The van der Waals surface area contributed by atoms with Crippen molar-refractivity contribution in [2.24, 2.45) is 5.73 Å². The number of hydrogen-bond acceptors (Lipinski definition) is 5. The van der Waals surface area contributed by atoms with Crippen LogP contribution in [-0.2, 0) is 6.54 Å². The van der Waals surface area contributed by atoms with Crippen LogP contribution in [0.15, 0.2) is 11.4 Å². The van der Waals surface area contributed by atoms with E-state index in [-0.39, 0.29) is 0 Å². The fourth-order valence-corrected chi connectivity index (χ4v) is 3.27. The smallest absolute Gasteiger partial charge is 0.0555 e. The minimum Gasteiger partial charge on any atom is -0.320 e. The molecule has 4 nitrogen and oxygen atoms in total. The minimum atomic E-state index is 0.431. The Morgan fingerprint density at radius 1 is 1.24 bits per heavy atom. The molecule has 0 atom stereocenters. The summed E-state index contributed by atoms with van der Waals surface area (Å²) in [6, 6.07) is 2.20. The van der Waals surface area contributed by atoms with Crippen LogP contribution in [0.1, 0.15) is 10.4 Å². The molecule has 1 fully saturated rings. The van der Waals surface area contributed by atoms with Gasteiger partial charge in [-0.1, -0.05) is 11.8 Å². The molecular formula is C16H26N4S. The largest absolute Gasteiger partial charge is 0.320 e. The molecule has 0 bridgehead atoms. The van der Waals surface area contributed by atoms with Gasteiger partial charge >= 0.3 is 0 Å². The van der Waals surface area contributed by atoms with Gasteiger partial charge in [-0.15, -0.1) is 11.3 Å². The molecule has 2 N–H and O–H groups in total. The lowest BCUT2D eigenvalue weighted by Gasteiger charge is -2.34. The first-order valence-corrected chi connectivity index (χ1v) is 8.41. The van der Waals surface area contributed by atoms with Gasteiger partial charge in [0.2, 0.25) is 0 Å². The van der Waals surface area contributed by atoms with E-state index in [1.807, 2.05) is 0 Å². The third kappa shape index (κ3) is 5.77. The monoisotopic (exact) mass is 306 g/mol. The van der Waals surface area contributed by atoms with Crippen molar-refractivity contribution in [2.45, 2.75) is 6.54 Å². The van der Waals surface area contributed by atoms with Crippen molar-refractivity contribution in [3.05, 3.63) is 21.9 Å². The first kappa shape index (κ1) is 16.5. The van der Waals surface area contributed by atoms with Crippen molar-refractivity contribution in [3.63, 3.8) is 0 Å². The van der Waals surface area contributed by atoms with Crippen LogP contribution in [0.2, 0.25) is 0 Å². The Hall–Kier alpha value is -0.900. The van der Waals surface area contributed by atoms with Gasteiger partial charge in [0.1, 0.15) is 0 Å². The lowest BCUT2D eigenvalue weighted by atomic mass is 10.2. The number of rotatable bonds is 5. The Morgan fingerprint density at radius 2 is 1.95 bits per heavy atom. The van der Waals surface area contributed by atoms with Crippen LogP contribution in [0.25, 0.3) is 0 Å². The molecule has 0 aliphatic carbocycles. The molecule has 5 heteroatoms. The Balaban J connectivity index is 1.74. The van der Waals surface area contributed by atoms with Crippen molar-refractivity contribution in [2.75, 3.05) is 59.9 Å². The Kier molecular flexibility index (Phi) is 6.68. The molecule has 0 saturated carbocycles. The maximum Gasteiger partial charge on any atom is 0.0555 e. The van der Waals surface area contributed by atoms with Crippen LogP contribution >= 0.6 is 11.3 Å². The van der Waals surface area contributed by atoms with Gasteiger partial charge in [0.25, 0.3) is 0 Å². The molecule has 0 radical (unpaired) electrons. The molecule has 2 rings (SSSR count). The summed E-state index contributed by atoms with van der Waals surface area (Å²) in [5.74, 6) is 6.01. The quantitative estimate of drug-likeness (QED) is 0.814. The summed E-state index contributed by atoms with van der Waals surface area (Å²) >= 11 is 1.80. The summed E-state index contributed by atoms with van der Waals surface area (Å²) in [5, 5.41) is 2.13. The molecule has 1 aliphatic rings. The first-order valence-electron chi connectivity index (χ1n) is 7.53. The van der Waals surface area contributed by atoms with Crippen molar-refractivity contribution in [3.8, 4) is 11.8 Å². The normalized spacial score (nSPS) is 17.0. The Bertz CT molecular complexity index is 478. The van der Waals surface area contributed by atoms with Gasteiger partial charge in [-0.05, 0) is 20.2 Å². The highest BCUT2D eigenvalue weighted by Gasteiger charge is 2.17. The molecule has 2 heterocycles. The summed E-state index contributed by atoms with van der Waals surface area (Å²) in [7, 11) is 4.27. The fraction of sp³-hybridized carbons (Fsp3) is 0.625. The van der Waals surface area contributed by atoms with E-state index in [1.165, 1.54) is 24.5 Å². The zero-order valence-electron chi connectivity index (χ0n) is 13.1. The zero-order valence-corrected chi connectivity index (χ0v) is 14.0. The molecule has 1 aromatic heterocycles. The third-order valence-electron chi connectivity index (χ3n) is 3.70. The maximum absolute atomic E-state index is 5.40. The van der Waals surface area contributed by atoms with Gasteiger partial charge in [0, 0.05) is 61.6 Å². The van der Waals surface area contributed by atoms with Gasteiger partial charge in [-0.2, -0.15) is 0 Å². The van der Waals surface area contributed by atoms with Crippen LogP contribution in [0.4, 0.5) is 0 Å². The van der Waals surface area contributed by atoms with E-state index in [4.69, 9.17) is 5.73 Å². The topological polar surface area (TPSA) is 35.7 Å². The summed E-state index contributed by atoms with van der Waals surface area (Å²) < 4.78 is 0. The fourth-order valence-electron chi connectivity index (χ4n) is 2.42. The summed E-state index contributed by atoms with van der Waals surface area (Å²) in [6.07, 6.45) is 0. The second kappa shape index (κ2) is 8.52. The standard InChI is InChI=1S/C16H26N4S/c1-18(2)6-7-19-8-10-20(11-9-19)13-16-12-15(14-21-16)4-3-5-17/h12,14H,5-11,13,17H2,1-2H3. The van der Waals surface area contributed by atoms with Crippen molar-refractivity contribution >= 4 is 11.3 Å². The molecule has 21 heavy (non-hydrogen) atoms. The summed E-state index contributed by atoms with van der Waals surface area (Å²) in [4.78, 5) is 8.75. The number of nitrogens with zero attached hydrogens (tertiary/aromatic N) is 3. The highest BCUT2D eigenvalue weighted by molar-refractivity contribution is 7.10. The van der Waals surface area contributed by atoms with Crippen molar-refractivity contribution in [1.82, 2.24) is 14.7 Å². The number of piperazine rings is 1. The lowest BCUT2D eigenvalue weighted by molar-refractivity contribution is 0.121. The van der Waals surface area contributed by atoms with E-state index in [9.17, 15) is 0 Å². The number of nitrogens with two attached hydrogens (primary N) is 1. The van der Waals surface area contributed by atoms with E-state index < -0.39 is 0 Å². The molecule has 1 aliphatic heterocycles. The summed E-state index contributed by atoms with van der Waals surface area (Å²) in [6.45, 7) is 8.49. The van der Waals surface area contributed by atoms with Crippen LogP contribution in [0, 0.1) is 11.8 Å². The molecule has 116 valence electrons. The van der Waals surface area contributed by atoms with Crippen LogP contribution in [0.3, 0.4) is 0 Å². The minimum absolute atomic E-state index is 0.431. The third-order valence-corrected chi connectivity index (χ3v) is 4.62. The van der Waals surface area contributed by atoms with E-state index in [0.29, 0.717) is 6.54 Å². The zero-order chi connectivity index (χ0) is 15.1. The predicted octanol–water partition coefficient (Wildman–Crippen LogP) is 0.738. The van der Waals surface area contributed by atoms with Crippen molar-refractivity contribution in [1.29, 1.82) is 0 Å². The highest BCUT2D eigenvalue weighted by Crippen LogP contribution is 2.17. The van der Waals surface area contributed by atoms with E-state index in [1.54, 1.807) is 11.3 Å². The molecule has 0 spiro atoms. The van der Waals surface area contributed by atoms with Gasteiger partial charge in [-0.3, -0.25) is 9.80 Å². The van der Waals surface area contributed by atoms with Gasteiger partial charge in [-0.25, -0.2) is 0 Å². The summed E-state index contributed by atoms with van der Waals surface area (Å²) in [5.41, 5.74) is 6.50. The molecular weight excluding hydrogens is 280 g/mol. The van der Waals surface area contributed by atoms with E-state index in [0.717, 1.165) is 31.7 Å². The van der Waals surface area contributed by atoms with Crippen LogP contribution in [-0.4, -0.2) is 74.6 Å². The average Bonchev–Trinajstić information content (AvgIpc) is 2.92. The van der Waals surface area contributed by atoms with Crippen LogP contribution in [0.5, 0.6) is 0 Å².